The molecule has 0 fully saturated rings. The largest absolute Gasteiger partial charge is 0.478 e. The van der Waals surface area contributed by atoms with Crippen LogP contribution in [0.1, 0.15) is 15.9 Å². The topological polar surface area (TPSA) is 83.5 Å². The van der Waals surface area contributed by atoms with Crippen molar-refractivity contribution in [1.29, 1.82) is 0 Å². The molecule has 3 rings (SSSR count). The highest BCUT2D eigenvalue weighted by molar-refractivity contribution is 7.91. The Bertz CT molecular complexity index is 812. The molecule has 2 aromatic carbocycles. The summed E-state index contributed by atoms with van der Waals surface area (Å²) in [6.07, 6.45) is 0. The van der Waals surface area contributed by atoms with Gasteiger partial charge in [-0.1, -0.05) is 18.2 Å². The van der Waals surface area contributed by atoms with E-state index in [1.54, 1.807) is 18.2 Å². The minimum absolute atomic E-state index is 0.0355. The van der Waals surface area contributed by atoms with Crippen molar-refractivity contribution in [3.8, 4) is 0 Å². The van der Waals surface area contributed by atoms with Gasteiger partial charge in [0.1, 0.15) is 0 Å². The first kappa shape index (κ1) is 12.7. The van der Waals surface area contributed by atoms with Crippen molar-refractivity contribution >= 4 is 21.5 Å². The molecule has 5 nitrogen and oxygen atoms in total. The van der Waals surface area contributed by atoms with E-state index in [1.807, 2.05) is 0 Å². The summed E-state index contributed by atoms with van der Waals surface area (Å²) in [6.45, 7) is 0.339. The van der Waals surface area contributed by atoms with Crippen LogP contribution in [0.4, 0.5) is 5.69 Å². The fraction of sp³-hybridized carbons (Fsp3) is 0.0714. The zero-order chi connectivity index (χ0) is 14.3. The Kier molecular flexibility index (Phi) is 2.76. The van der Waals surface area contributed by atoms with Crippen LogP contribution in [0.5, 0.6) is 0 Å². The summed E-state index contributed by atoms with van der Waals surface area (Å²) in [4.78, 5) is 11.2. The summed E-state index contributed by atoms with van der Waals surface area (Å²) in [5.41, 5.74) is 1.05. The summed E-state index contributed by atoms with van der Waals surface area (Å²) in [6, 6.07) is 10.8. The zero-order valence-corrected chi connectivity index (χ0v) is 11.1. The van der Waals surface area contributed by atoms with Crippen molar-refractivity contribution in [1.82, 2.24) is 0 Å². The van der Waals surface area contributed by atoms with Crippen molar-refractivity contribution in [2.45, 2.75) is 16.3 Å². The molecule has 0 aliphatic carbocycles. The molecule has 2 aromatic rings. The van der Waals surface area contributed by atoms with Crippen LogP contribution in [0.2, 0.25) is 0 Å². The summed E-state index contributed by atoms with van der Waals surface area (Å²) in [5.74, 6) is -1.14. The number of hydrogen-bond acceptors (Lipinski definition) is 4. The van der Waals surface area contributed by atoms with Crippen molar-refractivity contribution < 1.29 is 18.3 Å². The van der Waals surface area contributed by atoms with Gasteiger partial charge in [0, 0.05) is 6.54 Å². The fourth-order valence-corrected chi connectivity index (χ4v) is 3.93. The van der Waals surface area contributed by atoms with E-state index in [9.17, 15) is 13.2 Å². The Morgan fingerprint density at radius 1 is 1.10 bits per heavy atom. The number of anilines is 1. The molecule has 6 heteroatoms. The lowest BCUT2D eigenvalue weighted by Crippen LogP contribution is -2.06. The Balaban J connectivity index is 2.30. The lowest BCUT2D eigenvalue weighted by molar-refractivity contribution is 0.0696. The molecule has 0 aromatic heterocycles. The van der Waals surface area contributed by atoms with E-state index in [4.69, 9.17) is 5.11 Å². The number of carbonyl (C=O) groups is 1. The average Bonchev–Trinajstić information content (AvgIpc) is 2.55. The third-order valence-electron chi connectivity index (χ3n) is 3.25. The predicted octanol–water partition coefficient (Wildman–Crippen LogP) is 2.14. The molecule has 0 spiro atoms. The molecule has 102 valence electrons. The second-order valence-corrected chi connectivity index (χ2v) is 6.37. The van der Waals surface area contributed by atoms with Crippen molar-refractivity contribution in [3.05, 3.63) is 53.6 Å². The van der Waals surface area contributed by atoms with Crippen LogP contribution >= 0.6 is 0 Å². The van der Waals surface area contributed by atoms with E-state index < -0.39 is 15.8 Å². The van der Waals surface area contributed by atoms with Gasteiger partial charge in [-0.3, -0.25) is 0 Å². The molecule has 1 heterocycles. The Labute approximate surface area is 115 Å². The zero-order valence-electron chi connectivity index (χ0n) is 10.3. The standard InChI is InChI=1S/C14H11NO4S/c16-14(17)9-5-6-10-8-15-11-3-1-2-4-12(11)20(18,19)13(10)7-9/h1-7,15H,8H2,(H,16,17). The monoisotopic (exact) mass is 289 g/mol. The van der Waals surface area contributed by atoms with E-state index in [2.05, 4.69) is 5.32 Å². The van der Waals surface area contributed by atoms with Crippen LogP contribution in [0, 0.1) is 0 Å². The van der Waals surface area contributed by atoms with E-state index in [0.717, 1.165) is 0 Å². The minimum Gasteiger partial charge on any atom is -0.478 e. The van der Waals surface area contributed by atoms with Crippen molar-refractivity contribution in [2.24, 2.45) is 0 Å². The van der Waals surface area contributed by atoms with Gasteiger partial charge >= 0.3 is 5.97 Å². The van der Waals surface area contributed by atoms with E-state index in [0.29, 0.717) is 17.8 Å². The highest BCUT2D eigenvalue weighted by Crippen LogP contribution is 2.33. The number of hydrogen-bond donors (Lipinski definition) is 2. The average molecular weight is 289 g/mol. The smallest absolute Gasteiger partial charge is 0.335 e. The number of para-hydroxylation sites is 1. The highest BCUT2D eigenvalue weighted by Gasteiger charge is 2.27. The van der Waals surface area contributed by atoms with Crippen molar-refractivity contribution in [3.63, 3.8) is 0 Å². The quantitative estimate of drug-likeness (QED) is 0.840. The van der Waals surface area contributed by atoms with Gasteiger partial charge in [0.15, 0.2) is 0 Å². The number of sulfone groups is 1. The number of rotatable bonds is 1. The first-order valence-electron chi connectivity index (χ1n) is 5.94. The number of carboxylic acids is 1. The summed E-state index contributed by atoms with van der Waals surface area (Å²) in [7, 11) is -3.72. The summed E-state index contributed by atoms with van der Waals surface area (Å²) < 4.78 is 25.3. The van der Waals surface area contributed by atoms with E-state index in [-0.39, 0.29) is 15.4 Å². The number of aromatic carboxylic acids is 1. The molecular formula is C14H11NO4S. The Morgan fingerprint density at radius 2 is 1.85 bits per heavy atom. The van der Waals surface area contributed by atoms with Gasteiger partial charge in [0.2, 0.25) is 9.84 Å². The SMILES string of the molecule is O=C(O)c1ccc2c(c1)S(=O)(=O)c1ccccc1NC2. The third kappa shape index (κ3) is 1.85. The van der Waals surface area contributed by atoms with Gasteiger partial charge < -0.3 is 10.4 Å². The van der Waals surface area contributed by atoms with Crippen LogP contribution in [0.3, 0.4) is 0 Å². The van der Waals surface area contributed by atoms with Crippen LogP contribution in [-0.4, -0.2) is 19.5 Å². The first-order valence-corrected chi connectivity index (χ1v) is 7.42. The lowest BCUT2D eigenvalue weighted by atomic mass is 10.1. The maximum atomic E-state index is 12.7. The molecule has 0 saturated heterocycles. The van der Waals surface area contributed by atoms with E-state index >= 15 is 0 Å². The van der Waals surface area contributed by atoms with Gasteiger partial charge in [-0.25, -0.2) is 13.2 Å². The molecule has 0 amide bonds. The Hall–Kier alpha value is -2.34. The molecular weight excluding hydrogens is 278 g/mol. The number of carboxylic acid groups (broad SMARTS) is 1. The van der Waals surface area contributed by atoms with Gasteiger partial charge in [0.25, 0.3) is 0 Å². The second kappa shape index (κ2) is 4.35. The summed E-state index contributed by atoms with van der Waals surface area (Å²) >= 11 is 0. The Morgan fingerprint density at radius 3 is 2.60 bits per heavy atom. The summed E-state index contributed by atoms with van der Waals surface area (Å²) in [5, 5.41) is 12.1. The van der Waals surface area contributed by atoms with E-state index in [1.165, 1.54) is 24.3 Å². The molecule has 1 aliphatic heterocycles. The van der Waals surface area contributed by atoms with Crippen LogP contribution < -0.4 is 5.32 Å². The molecule has 0 unspecified atom stereocenters. The van der Waals surface area contributed by atoms with Gasteiger partial charge in [-0.05, 0) is 29.8 Å². The van der Waals surface area contributed by atoms with Gasteiger partial charge in [-0.15, -0.1) is 0 Å². The van der Waals surface area contributed by atoms with Gasteiger partial charge in [0.05, 0.1) is 21.0 Å². The maximum absolute atomic E-state index is 12.7. The molecule has 20 heavy (non-hydrogen) atoms. The van der Waals surface area contributed by atoms with Crippen LogP contribution in [-0.2, 0) is 16.4 Å². The second-order valence-electron chi connectivity index (χ2n) is 4.48. The number of fused-ring (bicyclic) bond motifs is 2. The molecule has 0 atom stereocenters. The lowest BCUT2D eigenvalue weighted by Gasteiger charge is -2.07. The normalized spacial score (nSPS) is 15.4. The molecule has 0 saturated carbocycles. The van der Waals surface area contributed by atoms with Gasteiger partial charge in [-0.2, -0.15) is 0 Å². The molecule has 0 radical (unpaired) electrons. The highest BCUT2D eigenvalue weighted by atomic mass is 32.2. The fourth-order valence-electron chi connectivity index (χ4n) is 2.24. The molecule has 0 bridgehead atoms. The van der Waals surface area contributed by atoms with Crippen LogP contribution in [0.25, 0.3) is 0 Å². The van der Waals surface area contributed by atoms with Crippen molar-refractivity contribution in [2.75, 3.05) is 5.32 Å². The molecule has 2 N–H and O–H groups in total. The van der Waals surface area contributed by atoms with Crippen LogP contribution in [0.15, 0.2) is 52.3 Å². The first-order chi connectivity index (χ1) is 9.50. The maximum Gasteiger partial charge on any atom is 0.335 e. The number of benzene rings is 2. The number of nitrogens with one attached hydrogen (secondary N) is 1. The predicted molar refractivity (Wildman–Crippen MR) is 72.6 cm³/mol. The minimum atomic E-state index is -3.72. The molecule has 1 aliphatic rings. The third-order valence-corrected chi connectivity index (χ3v) is 5.14.